The summed E-state index contributed by atoms with van der Waals surface area (Å²) in [6.07, 6.45) is 0. The van der Waals surface area contributed by atoms with E-state index in [-0.39, 0.29) is 41.5 Å². The van der Waals surface area contributed by atoms with Crippen LogP contribution in [0.25, 0.3) is 0 Å². The van der Waals surface area contributed by atoms with E-state index < -0.39 is 0 Å². The van der Waals surface area contributed by atoms with E-state index in [1.165, 1.54) is 7.11 Å². The summed E-state index contributed by atoms with van der Waals surface area (Å²) in [5.74, 6) is 0.216. The Balaban J connectivity index is 0. The number of hydrogen-bond acceptors (Lipinski definition) is 4. The molecule has 0 aliphatic carbocycles. The molecular formula is C13H28IN3O3. The predicted molar refractivity (Wildman–Crippen MR) is 91.7 cm³/mol. The Morgan fingerprint density at radius 2 is 1.90 bits per heavy atom. The molecule has 6 nitrogen and oxygen atoms in total. The molecule has 0 heterocycles. The minimum absolute atomic E-state index is 0. The van der Waals surface area contributed by atoms with Crippen molar-refractivity contribution >= 4 is 35.9 Å². The number of methoxy groups -OCH3 is 2. The van der Waals surface area contributed by atoms with Crippen LogP contribution in [0.3, 0.4) is 0 Å². The second-order valence-electron chi connectivity index (χ2n) is 4.96. The van der Waals surface area contributed by atoms with Crippen molar-refractivity contribution in [2.75, 3.05) is 33.9 Å². The molecule has 1 atom stereocenters. The SMILES string of the molecule is CCNC(=NCC(C)(C)OC)NCC(C)C(=O)OC.I. The molecule has 0 saturated carbocycles. The highest BCUT2D eigenvalue weighted by Gasteiger charge is 2.17. The first kappa shape index (κ1) is 21.7. The maximum absolute atomic E-state index is 11.3. The summed E-state index contributed by atoms with van der Waals surface area (Å²) >= 11 is 0. The smallest absolute Gasteiger partial charge is 0.310 e. The molecule has 0 aromatic rings. The molecule has 1 unspecified atom stereocenters. The van der Waals surface area contributed by atoms with Gasteiger partial charge in [-0.1, -0.05) is 6.92 Å². The van der Waals surface area contributed by atoms with Crippen LogP contribution in [0.4, 0.5) is 0 Å². The van der Waals surface area contributed by atoms with Crippen LogP contribution in [0.2, 0.25) is 0 Å². The summed E-state index contributed by atoms with van der Waals surface area (Å²) in [7, 11) is 3.05. The maximum Gasteiger partial charge on any atom is 0.310 e. The lowest BCUT2D eigenvalue weighted by atomic mass is 10.1. The van der Waals surface area contributed by atoms with Crippen LogP contribution in [0.5, 0.6) is 0 Å². The lowest BCUT2D eigenvalue weighted by molar-refractivity contribution is -0.144. The maximum atomic E-state index is 11.3. The summed E-state index contributed by atoms with van der Waals surface area (Å²) in [5.41, 5.74) is -0.309. The average molecular weight is 401 g/mol. The molecule has 2 N–H and O–H groups in total. The molecule has 0 aromatic carbocycles. The van der Waals surface area contributed by atoms with E-state index >= 15 is 0 Å². The van der Waals surface area contributed by atoms with Gasteiger partial charge in [-0.2, -0.15) is 0 Å². The minimum atomic E-state index is -0.309. The Labute approximate surface area is 139 Å². The molecule has 0 rings (SSSR count). The third kappa shape index (κ3) is 9.35. The highest BCUT2D eigenvalue weighted by molar-refractivity contribution is 14.0. The van der Waals surface area contributed by atoms with Gasteiger partial charge in [0.05, 0.1) is 25.2 Å². The zero-order chi connectivity index (χ0) is 14.9. The number of esters is 1. The van der Waals surface area contributed by atoms with Crippen molar-refractivity contribution < 1.29 is 14.3 Å². The first-order chi connectivity index (χ1) is 8.86. The first-order valence-electron chi connectivity index (χ1n) is 6.51. The van der Waals surface area contributed by atoms with Gasteiger partial charge in [0.2, 0.25) is 0 Å². The number of halogens is 1. The monoisotopic (exact) mass is 401 g/mol. The third-order valence-corrected chi connectivity index (χ3v) is 2.69. The topological polar surface area (TPSA) is 72.0 Å². The summed E-state index contributed by atoms with van der Waals surface area (Å²) in [6, 6.07) is 0. The summed E-state index contributed by atoms with van der Waals surface area (Å²) in [6.45, 7) is 9.50. The van der Waals surface area contributed by atoms with Crippen LogP contribution in [0.15, 0.2) is 4.99 Å². The quantitative estimate of drug-likeness (QED) is 0.292. The van der Waals surface area contributed by atoms with Crippen molar-refractivity contribution in [3.05, 3.63) is 0 Å². The second-order valence-corrected chi connectivity index (χ2v) is 4.96. The van der Waals surface area contributed by atoms with E-state index in [9.17, 15) is 4.79 Å². The van der Waals surface area contributed by atoms with E-state index in [1.807, 2.05) is 27.7 Å². The van der Waals surface area contributed by atoms with Gasteiger partial charge in [0, 0.05) is 20.2 Å². The Kier molecular flexibility index (Phi) is 12.1. The third-order valence-electron chi connectivity index (χ3n) is 2.69. The van der Waals surface area contributed by atoms with Crippen LogP contribution < -0.4 is 10.6 Å². The van der Waals surface area contributed by atoms with Gasteiger partial charge in [-0.3, -0.25) is 9.79 Å². The van der Waals surface area contributed by atoms with Gasteiger partial charge < -0.3 is 20.1 Å². The van der Waals surface area contributed by atoms with E-state index in [1.54, 1.807) is 7.11 Å². The number of guanidine groups is 1. The highest BCUT2D eigenvalue weighted by atomic mass is 127. The van der Waals surface area contributed by atoms with Crippen LogP contribution in [0, 0.1) is 5.92 Å². The largest absolute Gasteiger partial charge is 0.469 e. The number of ether oxygens (including phenoxy) is 2. The van der Waals surface area contributed by atoms with E-state index in [0.29, 0.717) is 19.0 Å². The fourth-order valence-corrected chi connectivity index (χ4v) is 1.21. The standard InChI is InChI=1S/C13H27N3O3.HI/c1-7-14-12(16-9-13(3,4)19-6)15-8-10(2)11(17)18-5;/h10H,7-9H2,1-6H3,(H2,14,15,16);1H. The van der Waals surface area contributed by atoms with Crippen molar-refractivity contribution in [1.82, 2.24) is 10.6 Å². The van der Waals surface area contributed by atoms with Gasteiger partial charge in [0.25, 0.3) is 0 Å². The van der Waals surface area contributed by atoms with Crippen LogP contribution in [0.1, 0.15) is 27.7 Å². The number of carbonyl (C=O) groups excluding carboxylic acids is 1. The van der Waals surface area contributed by atoms with Crippen molar-refractivity contribution in [3.63, 3.8) is 0 Å². The molecule has 0 aliphatic heterocycles. The second kappa shape index (κ2) is 11.1. The Hall–Kier alpha value is -0.570. The molecule has 0 aromatic heterocycles. The van der Waals surface area contributed by atoms with E-state index in [2.05, 4.69) is 20.4 Å². The lowest BCUT2D eigenvalue weighted by Gasteiger charge is -2.21. The van der Waals surface area contributed by atoms with Crippen molar-refractivity contribution in [2.45, 2.75) is 33.3 Å². The number of nitrogens with one attached hydrogen (secondary N) is 2. The molecule has 7 heteroatoms. The molecule has 0 fully saturated rings. The summed E-state index contributed by atoms with van der Waals surface area (Å²) in [4.78, 5) is 15.7. The van der Waals surface area contributed by atoms with Crippen LogP contribution >= 0.6 is 24.0 Å². The Morgan fingerprint density at radius 3 is 2.35 bits per heavy atom. The van der Waals surface area contributed by atoms with E-state index in [0.717, 1.165) is 6.54 Å². The molecule has 0 radical (unpaired) electrons. The normalized spacial score (nSPS) is 13.2. The van der Waals surface area contributed by atoms with Crippen LogP contribution in [-0.4, -0.2) is 51.4 Å². The molecule has 0 saturated heterocycles. The molecule has 0 bridgehead atoms. The van der Waals surface area contributed by atoms with Crippen molar-refractivity contribution in [1.29, 1.82) is 0 Å². The van der Waals surface area contributed by atoms with Gasteiger partial charge in [0.15, 0.2) is 5.96 Å². The van der Waals surface area contributed by atoms with Gasteiger partial charge in [-0.25, -0.2) is 0 Å². The molecule has 0 amide bonds. The molecule has 0 spiro atoms. The average Bonchev–Trinajstić information content (AvgIpc) is 2.40. The number of aliphatic imine (C=N–C) groups is 1. The fraction of sp³-hybridized carbons (Fsp3) is 0.846. The van der Waals surface area contributed by atoms with Gasteiger partial charge in [-0.05, 0) is 20.8 Å². The molecule has 0 aliphatic rings. The number of carbonyl (C=O) groups is 1. The predicted octanol–water partition coefficient (Wildman–Crippen LogP) is 1.39. The van der Waals surface area contributed by atoms with Crippen molar-refractivity contribution in [2.24, 2.45) is 10.9 Å². The summed E-state index contributed by atoms with van der Waals surface area (Å²) < 4.78 is 9.99. The van der Waals surface area contributed by atoms with Gasteiger partial charge >= 0.3 is 5.97 Å². The van der Waals surface area contributed by atoms with Crippen LogP contribution in [-0.2, 0) is 14.3 Å². The summed E-state index contributed by atoms with van der Waals surface area (Å²) in [5, 5.41) is 6.24. The Morgan fingerprint density at radius 1 is 1.30 bits per heavy atom. The molecule has 20 heavy (non-hydrogen) atoms. The zero-order valence-corrected chi connectivity index (χ0v) is 15.6. The number of nitrogens with zero attached hydrogens (tertiary/aromatic N) is 1. The first-order valence-corrected chi connectivity index (χ1v) is 6.51. The highest BCUT2D eigenvalue weighted by Crippen LogP contribution is 2.07. The molecular weight excluding hydrogens is 373 g/mol. The number of hydrogen-bond donors (Lipinski definition) is 2. The zero-order valence-electron chi connectivity index (χ0n) is 13.3. The van der Waals surface area contributed by atoms with Crippen molar-refractivity contribution in [3.8, 4) is 0 Å². The lowest BCUT2D eigenvalue weighted by Crippen LogP contribution is -2.42. The Bertz CT molecular complexity index is 309. The van der Waals surface area contributed by atoms with E-state index in [4.69, 9.17) is 4.74 Å². The minimum Gasteiger partial charge on any atom is -0.469 e. The molecule has 120 valence electrons. The van der Waals surface area contributed by atoms with Gasteiger partial charge in [0.1, 0.15) is 0 Å². The van der Waals surface area contributed by atoms with Gasteiger partial charge in [-0.15, -0.1) is 24.0 Å². The number of rotatable bonds is 7. The fourth-order valence-electron chi connectivity index (χ4n) is 1.21.